The zero-order chi connectivity index (χ0) is 21.5. The van der Waals surface area contributed by atoms with Crippen LogP contribution < -0.4 is 5.32 Å². The van der Waals surface area contributed by atoms with Crippen molar-refractivity contribution in [3.63, 3.8) is 0 Å². The number of benzene rings is 2. The Labute approximate surface area is 170 Å². The number of aromatic hydroxyl groups is 1. The van der Waals surface area contributed by atoms with Crippen LogP contribution in [0.5, 0.6) is 5.75 Å². The van der Waals surface area contributed by atoms with Crippen LogP contribution in [-0.4, -0.2) is 32.1 Å². The standard InChI is InChI=1S/C21H19F3N4O2/c22-21(23,24)20-19-17(2-1-3-18(19)30)28(27-20)14-7-4-12(11-25)16(10-14)26-13-5-8-15(29)9-6-13/h1-4,7,10,13,15,26,29-30H,5-6,8-9H2/t13-,15-. The van der Waals surface area contributed by atoms with E-state index in [0.29, 0.717) is 29.8 Å². The molecule has 1 fully saturated rings. The molecule has 1 heterocycles. The van der Waals surface area contributed by atoms with Crippen LogP contribution in [-0.2, 0) is 6.18 Å². The SMILES string of the molecule is N#Cc1ccc(-n2nc(C(F)(F)F)c3c(O)cccc32)cc1N[C@H]1CC[C@H](O)CC1. The summed E-state index contributed by atoms with van der Waals surface area (Å²) in [6, 6.07) is 10.9. The Morgan fingerprint density at radius 3 is 2.53 bits per heavy atom. The molecule has 4 rings (SSSR count). The molecule has 0 aliphatic heterocycles. The van der Waals surface area contributed by atoms with Crippen molar-refractivity contribution in [3.8, 4) is 17.5 Å². The highest BCUT2D eigenvalue weighted by Gasteiger charge is 2.38. The first-order valence-corrected chi connectivity index (χ1v) is 9.55. The van der Waals surface area contributed by atoms with Crippen LogP contribution in [0, 0.1) is 11.3 Å². The number of alkyl halides is 3. The highest BCUT2D eigenvalue weighted by atomic mass is 19.4. The van der Waals surface area contributed by atoms with Gasteiger partial charge in [0, 0.05) is 6.04 Å². The number of halogens is 3. The van der Waals surface area contributed by atoms with Crippen LogP contribution in [0.2, 0.25) is 0 Å². The molecule has 0 unspecified atom stereocenters. The summed E-state index contributed by atoms with van der Waals surface area (Å²) in [4.78, 5) is 0. The van der Waals surface area contributed by atoms with Gasteiger partial charge in [-0.3, -0.25) is 0 Å². The summed E-state index contributed by atoms with van der Waals surface area (Å²) in [7, 11) is 0. The molecule has 6 nitrogen and oxygen atoms in total. The van der Waals surface area contributed by atoms with Crippen molar-refractivity contribution in [2.24, 2.45) is 0 Å². The zero-order valence-electron chi connectivity index (χ0n) is 15.8. The molecule has 0 bridgehead atoms. The quantitative estimate of drug-likeness (QED) is 0.591. The van der Waals surface area contributed by atoms with E-state index in [9.17, 15) is 28.6 Å². The molecule has 0 spiro atoms. The van der Waals surface area contributed by atoms with Gasteiger partial charge in [0.15, 0.2) is 5.69 Å². The number of hydrogen-bond donors (Lipinski definition) is 3. The fraction of sp³-hybridized carbons (Fsp3) is 0.333. The second kappa shape index (κ2) is 7.54. The Kier molecular flexibility index (Phi) is 5.03. The van der Waals surface area contributed by atoms with Gasteiger partial charge in [0.2, 0.25) is 0 Å². The van der Waals surface area contributed by atoms with E-state index in [0.717, 1.165) is 17.5 Å². The lowest BCUT2D eigenvalue weighted by Gasteiger charge is -2.27. The van der Waals surface area contributed by atoms with Crippen molar-refractivity contribution in [2.45, 2.75) is 44.0 Å². The molecular weight excluding hydrogens is 397 g/mol. The smallest absolute Gasteiger partial charge is 0.435 e. The molecule has 3 aromatic rings. The van der Waals surface area contributed by atoms with Crippen LogP contribution in [0.25, 0.3) is 16.6 Å². The molecule has 0 saturated heterocycles. The minimum atomic E-state index is -4.74. The number of hydrogen-bond acceptors (Lipinski definition) is 5. The minimum Gasteiger partial charge on any atom is -0.507 e. The Bertz CT molecular complexity index is 1130. The topological polar surface area (TPSA) is 94.1 Å². The van der Waals surface area contributed by atoms with E-state index in [1.807, 2.05) is 0 Å². The van der Waals surface area contributed by atoms with Gasteiger partial charge in [0.25, 0.3) is 0 Å². The highest BCUT2D eigenvalue weighted by Crippen LogP contribution is 2.39. The second-order valence-electron chi connectivity index (χ2n) is 7.42. The summed E-state index contributed by atoms with van der Waals surface area (Å²) in [5.41, 5.74) is 0.127. The van der Waals surface area contributed by atoms with Gasteiger partial charge in [-0.15, -0.1) is 0 Å². The molecule has 1 aliphatic carbocycles. The maximum absolute atomic E-state index is 13.5. The number of fused-ring (bicyclic) bond motifs is 1. The van der Waals surface area contributed by atoms with Gasteiger partial charge in [-0.25, -0.2) is 4.68 Å². The molecule has 1 aliphatic rings. The Balaban J connectivity index is 1.79. The predicted octanol–water partition coefficient (Wildman–Crippen LogP) is 4.34. The number of aromatic nitrogens is 2. The number of aliphatic hydroxyl groups excluding tert-OH is 1. The number of nitrogens with zero attached hydrogens (tertiary/aromatic N) is 3. The van der Waals surface area contributed by atoms with Crippen molar-refractivity contribution in [1.82, 2.24) is 9.78 Å². The first kappa shape index (κ1) is 20.0. The summed E-state index contributed by atoms with van der Waals surface area (Å²) in [5, 5.41) is 35.8. The van der Waals surface area contributed by atoms with E-state index in [-0.39, 0.29) is 23.0 Å². The zero-order valence-corrected chi connectivity index (χ0v) is 15.8. The summed E-state index contributed by atoms with van der Waals surface area (Å²) in [6.07, 6.45) is -2.30. The molecule has 156 valence electrons. The molecule has 1 saturated carbocycles. The van der Waals surface area contributed by atoms with Gasteiger partial charge in [-0.1, -0.05) is 6.07 Å². The van der Waals surface area contributed by atoms with E-state index in [2.05, 4.69) is 16.5 Å². The van der Waals surface area contributed by atoms with E-state index < -0.39 is 17.6 Å². The lowest BCUT2D eigenvalue weighted by Crippen LogP contribution is -2.28. The number of phenols is 1. The van der Waals surface area contributed by atoms with Crippen molar-refractivity contribution >= 4 is 16.6 Å². The van der Waals surface area contributed by atoms with Crippen LogP contribution in [0.15, 0.2) is 36.4 Å². The Morgan fingerprint density at radius 1 is 1.13 bits per heavy atom. The maximum atomic E-state index is 13.5. The molecule has 2 aromatic carbocycles. The lowest BCUT2D eigenvalue weighted by atomic mass is 9.93. The fourth-order valence-corrected chi connectivity index (χ4v) is 3.87. The van der Waals surface area contributed by atoms with Gasteiger partial charge in [-0.05, 0) is 56.0 Å². The van der Waals surface area contributed by atoms with Crippen LogP contribution in [0.1, 0.15) is 36.9 Å². The van der Waals surface area contributed by atoms with Gasteiger partial charge < -0.3 is 15.5 Å². The Hall–Kier alpha value is -3.25. The lowest BCUT2D eigenvalue weighted by molar-refractivity contribution is -0.140. The Morgan fingerprint density at radius 2 is 1.87 bits per heavy atom. The average molecular weight is 416 g/mol. The predicted molar refractivity (Wildman–Crippen MR) is 104 cm³/mol. The van der Waals surface area contributed by atoms with Crippen molar-refractivity contribution in [1.29, 1.82) is 5.26 Å². The summed E-state index contributed by atoms with van der Waals surface area (Å²) in [6.45, 7) is 0. The maximum Gasteiger partial charge on any atom is 0.435 e. The highest BCUT2D eigenvalue weighted by molar-refractivity contribution is 5.89. The van der Waals surface area contributed by atoms with Gasteiger partial charge in [-0.2, -0.15) is 23.5 Å². The molecule has 1 aromatic heterocycles. The monoisotopic (exact) mass is 416 g/mol. The number of rotatable bonds is 3. The van der Waals surface area contributed by atoms with E-state index in [4.69, 9.17) is 0 Å². The summed E-state index contributed by atoms with van der Waals surface area (Å²) < 4.78 is 41.6. The van der Waals surface area contributed by atoms with E-state index in [1.54, 1.807) is 6.07 Å². The van der Waals surface area contributed by atoms with Crippen molar-refractivity contribution in [2.75, 3.05) is 5.32 Å². The van der Waals surface area contributed by atoms with Crippen molar-refractivity contribution in [3.05, 3.63) is 47.7 Å². The van der Waals surface area contributed by atoms with Gasteiger partial charge in [0.1, 0.15) is 11.8 Å². The third-order valence-corrected chi connectivity index (χ3v) is 5.38. The third-order valence-electron chi connectivity index (χ3n) is 5.38. The molecule has 9 heteroatoms. The number of nitrogens with one attached hydrogen (secondary N) is 1. The molecule has 0 atom stereocenters. The number of aliphatic hydroxyl groups is 1. The van der Waals surface area contributed by atoms with E-state index in [1.165, 1.54) is 30.3 Å². The molecule has 30 heavy (non-hydrogen) atoms. The minimum absolute atomic E-state index is 0.0555. The van der Waals surface area contributed by atoms with Crippen LogP contribution >= 0.6 is 0 Å². The number of phenolic OH excluding ortho intramolecular Hbond substituents is 1. The first-order chi connectivity index (χ1) is 14.3. The largest absolute Gasteiger partial charge is 0.507 e. The van der Waals surface area contributed by atoms with Crippen molar-refractivity contribution < 1.29 is 23.4 Å². The van der Waals surface area contributed by atoms with Gasteiger partial charge in [0.05, 0.1) is 33.9 Å². The fourth-order valence-electron chi connectivity index (χ4n) is 3.87. The van der Waals surface area contributed by atoms with E-state index >= 15 is 0 Å². The molecule has 3 N–H and O–H groups in total. The average Bonchev–Trinajstić information content (AvgIpc) is 3.11. The summed E-state index contributed by atoms with van der Waals surface area (Å²) in [5.74, 6) is -0.501. The van der Waals surface area contributed by atoms with Crippen LogP contribution in [0.3, 0.4) is 0 Å². The first-order valence-electron chi connectivity index (χ1n) is 9.55. The molecule has 0 radical (unpaired) electrons. The number of anilines is 1. The third kappa shape index (κ3) is 3.66. The normalized spacial score (nSPS) is 19.6. The molecular formula is C21H19F3N4O2. The second-order valence-corrected chi connectivity index (χ2v) is 7.42. The molecule has 0 amide bonds. The van der Waals surface area contributed by atoms with Gasteiger partial charge >= 0.3 is 6.18 Å². The van der Waals surface area contributed by atoms with Crippen LogP contribution in [0.4, 0.5) is 18.9 Å². The summed E-state index contributed by atoms with van der Waals surface area (Å²) >= 11 is 0. The number of nitriles is 1.